The van der Waals surface area contributed by atoms with Crippen molar-refractivity contribution in [2.24, 2.45) is 4.40 Å². The van der Waals surface area contributed by atoms with E-state index in [0.29, 0.717) is 5.56 Å². The molecule has 130 valence electrons. The van der Waals surface area contributed by atoms with Crippen LogP contribution in [0.1, 0.15) is 21.5 Å². The van der Waals surface area contributed by atoms with Gasteiger partial charge in [-0.25, -0.2) is 0 Å². The lowest BCUT2D eigenvalue weighted by molar-refractivity contribution is 0.0972. The molecule has 0 heterocycles. The third-order valence-electron chi connectivity index (χ3n) is 3.85. The lowest BCUT2D eigenvalue weighted by atomic mass is 9.88. The summed E-state index contributed by atoms with van der Waals surface area (Å²) in [6.07, 6.45) is 0. The van der Waals surface area contributed by atoms with Gasteiger partial charge < -0.3 is 0 Å². The number of nitrogens with zero attached hydrogens (tertiary/aromatic N) is 1. The molecule has 0 spiro atoms. The maximum Gasteiger partial charge on any atom is 0.282 e. The molecule has 3 rings (SSSR count). The van der Waals surface area contributed by atoms with Crippen molar-refractivity contribution in [1.82, 2.24) is 0 Å². The van der Waals surface area contributed by atoms with Crippen LogP contribution in [0.2, 0.25) is 0 Å². The van der Waals surface area contributed by atoms with Crippen LogP contribution in [0.4, 0.5) is 0 Å². The molecule has 0 aliphatic heterocycles. The number of alkyl halides is 3. The number of rotatable bonds is 2. The van der Waals surface area contributed by atoms with Crippen molar-refractivity contribution in [3.63, 3.8) is 0 Å². The third kappa shape index (κ3) is 3.22. The Morgan fingerprint density at radius 3 is 2.16 bits per heavy atom. The quantitative estimate of drug-likeness (QED) is 0.691. The van der Waals surface area contributed by atoms with Crippen LogP contribution in [0.25, 0.3) is 0 Å². The normalized spacial score (nSPS) is 21.2. The lowest BCUT2D eigenvalue weighted by Crippen LogP contribution is -2.46. The standard InChI is InChI=1S/C17H12Cl3NO3S/c1-10-6-8-11(9-7-10)25(23,24)21-14-12-4-2-3-5-13(12)16(22)17(19,20)15(14)18/h2-9,15H,1H3/t15-/m1/s1. The molecule has 0 unspecified atom stereocenters. The van der Waals surface area contributed by atoms with Gasteiger partial charge >= 0.3 is 0 Å². The van der Waals surface area contributed by atoms with E-state index in [9.17, 15) is 13.2 Å². The van der Waals surface area contributed by atoms with E-state index in [4.69, 9.17) is 34.8 Å². The molecule has 0 N–H and O–H groups in total. The van der Waals surface area contributed by atoms with E-state index in [0.717, 1.165) is 5.56 Å². The van der Waals surface area contributed by atoms with E-state index in [-0.39, 0.29) is 16.2 Å². The summed E-state index contributed by atoms with van der Waals surface area (Å²) in [4.78, 5) is 12.4. The van der Waals surface area contributed by atoms with Gasteiger partial charge in [0.2, 0.25) is 10.1 Å². The Bertz CT molecular complexity index is 982. The van der Waals surface area contributed by atoms with Gasteiger partial charge in [-0.05, 0) is 19.1 Å². The molecule has 8 heteroatoms. The number of carbonyl (C=O) groups excluding carboxylic acids is 1. The van der Waals surface area contributed by atoms with Gasteiger partial charge in [-0.2, -0.15) is 12.8 Å². The number of hydrogen-bond donors (Lipinski definition) is 0. The number of ketones is 1. The predicted octanol–water partition coefficient (Wildman–Crippen LogP) is 4.15. The van der Waals surface area contributed by atoms with Crippen LogP contribution in [0.15, 0.2) is 57.8 Å². The average molecular weight is 417 g/mol. The first kappa shape index (κ1) is 18.4. The Hall–Kier alpha value is -1.40. The maximum atomic E-state index is 12.6. The maximum absolute atomic E-state index is 12.6. The Morgan fingerprint density at radius 2 is 1.56 bits per heavy atom. The van der Waals surface area contributed by atoms with Gasteiger partial charge in [-0.3, -0.25) is 4.79 Å². The van der Waals surface area contributed by atoms with Crippen LogP contribution in [-0.4, -0.2) is 29.6 Å². The number of benzene rings is 2. The first-order valence-corrected chi connectivity index (χ1v) is 9.85. The van der Waals surface area contributed by atoms with E-state index in [1.54, 1.807) is 30.3 Å². The zero-order valence-electron chi connectivity index (χ0n) is 12.9. The highest BCUT2D eigenvalue weighted by atomic mass is 35.5. The van der Waals surface area contributed by atoms with Gasteiger partial charge in [-0.1, -0.05) is 65.2 Å². The lowest BCUT2D eigenvalue weighted by Gasteiger charge is -2.31. The van der Waals surface area contributed by atoms with Crippen molar-refractivity contribution < 1.29 is 13.2 Å². The third-order valence-corrected chi connectivity index (χ3v) is 6.69. The SMILES string of the molecule is Cc1ccc(S(=O)(=O)N=C2c3ccccc3C(=O)C(Cl)(Cl)[C@@H]2Cl)cc1. The molecule has 4 nitrogen and oxygen atoms in total. The van der Waals surface area contributed by atoms with E-state index in [1.807, 2.05) is 6.92 Å². The second kappa shape index (κ2) is 6.40. The fraction of sp³-hybridized carbons (Fsp3) is 0.176. The van der Waals surface area contributed by atoms with Crippen molar-refractivity contribution >= 4 is 56.3 Å². The largest absolute Gasteiger partial charge is 0.291 e. The molecule has 0 aromatic heterocycles. The summed E-state index contributed by atoms with van der Waals surface area (Å²) in [6, 6.07) is 12.6. The number of carbonyl (C=O) groups is 1. The number of halogens is 3. The molecule has 0 saturated heterocycles. The van der Waals surface area contributed by atoms with Crippen molar-refractivity contribution in [3.05, 3.63) is 65.2 Å². The Balaban J connectivity index is 2.21. The summed E-state index contributed by atoms with van der Waals surface area (Å²) in [6.45, 7) is 1.84. The Morgan fingerprint density at radius 1 is 1.00 bits per heavy atom. The van der Waals surface area contributed by atoms with Gasteiger partial charge in [0.15, 0.2) is 0 Å². The summed E-state index contributed by atoms with van der Waals surface area (Å²) in [7, 11) is -4.05. The molecule has 1 aliphatic rings. The summed E-state index contributed by atoms with van der Waals surface area (Å²) in [5.74, 6) is -0.585. The summed E-state index contributed by atoms with van der Waals surface area (Å²) in [5, 5.41) is -1.31. The molecule has 2 aromatic carbocycles. The van der Waals surface area contributed by atoms with Crippen LogP contribution in [0.5, 0.6) is 0 Å². The van der Waals surface area contributed by atoms with Crippen LogP contribution in [0, 0.1) is 6.92 Å². The number of Topliss-reactive ketones (excluding diaryl/α,β-unsaturated/α-hetero) is 1. The molecule has 25 heavy (non-hydrogen) atoms. The topological polar surface area (TPSA) is 63.6 Å². The Kier molecular flexibility index (Phi) is 4.71. The minimum absolute atomic E-state index is 0.0126. The van der Waals surface area contributed by atoms with Crippen LogP contribution >= 0.6 is 34.8 Å². The first-order chi connectivity index (χ1) is 11.6. The highest BCUT2D eigenvalue weighted by molar-refractivity contribution is 7.90. The second-order valence-electron chi connectivity index (χ2n) is 5.62. The zero-order chi connectivity index (χ0) is 18.4. The molecule has 0 fully saturated rings. The van der Waals surface area contributed by atoms with E-state index >= 15 is 0 Å². The van der Waals surface area contributed by atoms with Gasteiger partial charge in [-0.15, -0.1) is 11.6 Å². The molecule has 1 atom stereocenters. The molecule has 0 amide bonds. The zero-order valence-corrected chi connectivity index (χ0v) is 16.0. The minimum Gasteiger partial charge on any atom is -0.291 e. The van der Waals surface area contributed by atoms with Gasteiger partial charge in [0, 0.05) is 11.1 Å². The summed E-state index contributed by atoms with van der Waals surface area (Å²) in [5.41, 5.74) is 1.35. The van der Waals surface area contributed by atoms with Crippen molar-refractivity contribution in [2.45, 2.75) is 21.5 Å². The molecular weight excluding hydrogens is 405 g/mol. The fourth-order valence-electron chi connectivity index (χ4n) is 2.50. The first-order valence-electron chi connectivity index (χ1n) is 7.22. The van der Waals surface area contributed by atoms with Crippen LogP contribution in [0.3, 0.4) is 0 Å². The highest BCUT2D eigenvalue weighted by Gasteiger charge is 2.50. The van der Waals surface area contributed by atoms with E-state index < -0.39 is 25.5 Å². The summed E-state index contributed by atoms with van der Waals surface area (Å²) >= 11 is 18.4. The number of fused-ring (bicyclic) bond motifs is 1. The molecule has 0 bridgehead atoms. The highest BCUT2D eigenvalue weighted by Crippen LogP contribution is 2.41. The number of sulfonamides is 1. The smallest absolute Gasteiger partial charge is 0.282 e. The monoisotopic (exact) mass is 415 g/mol. The molecule has 0 saturated carbocycles. The van der Waals surface area contributed by atoms with Gasteiger partial charge in [0.25, 0.3) is 10.0 Å². The predicted molar refractivity (Wildman–Crippen MR) is 99.8 cm³/mol. The molecule has 0 radical (unpaired) electrons. The van der Waals surface area contributed by atoms with Crippen molar-refractivity contribution in [2.75, 3.05) is 0 Å². The van der Waals surface area contributed by atoms with Gasteiger partial charge in [0.05, 0.1) is 10.6 Å². The average Bonchev–Trinajstić information content (AvgIpc) is 2.58. The number of aryl methyl sites for hydroxylation is 1. The van der Waals surface area contributed by atoms with E-state index in [2.05, 4.69) is 4.40 Å². The van der Waals surface area contributed by atoms with Crippen molar-refractivity contribution in [3.8, 4) is 0 Å². The minimum atomic E-state index is -4.05. The van der Waals surface area contributed by atoms with Crippen molar-refractivity contribution in [1.29, 1.82) is 0 Å². The molecular formula is C17H12Cl3NO3S. The van der Waals surface area contributed by atoms with Crippen LogP contribution < -0.4 is 0 Å². The van der Waals surface area contributed by atoms with E-state index in [1.165, 1.54) is 18.2 Å². The molecule has 2 aromatic rings. The molecule has 1 aliphatic carbocycles. The fourth-order valence-corrected chi connectivity index (χ4v) is 4.28. The summed E-state index contributed by atoms with van der Waals surface area (Å²) < 4.78 is 27.1. The second-order valence-corrected chi connectivity index (χ2v) is 9.05. The number of hydrogen-bond acceptors (Lipinski definition) is 3. The van der Waals surface area contributed by atoms with Crippen LogP contribution in [-0.2, 0) is 10.0 Å². The van der Waals surface area contributed by atoms with Gasteiger partial charge in [0.1, 0.15) is 5.38 Å². The Labute approximate surface area is 160 Å².